The van der Waals surface area contributed by atoms with E-state index in [0.717, 1.165) is 10.8 Å². The average Bonchev–Trinajstić information content (AvgIpc) is 3.20. The van der Waals surface area contributed by atoms with Crippen molar-refractivity contribution >= 4 is 27.7 Å². The molecule has 0 saturated carbocycles. The van der Waals surface area contributed by atoms with E-state index < -0.39 is 12.1 Å². The fourth-order valence-electron chi connectivity index (χ4n) is 3.59. The predicted octanol–water partition coefficient (Wildman–Crippen LogP) is 1.77. The number of amides is 1. The maximum Gasteiger partial charge on any atom is 0.245 e. The van der Waals surface area contributed by atoms with Crippen LogP contribution in [-0.4, -0.2) is 54.7 Å². The first-order valence-corrected chi connectivity index (χ1v) is 8.22. The van der Waals surface area contributed by atoms with E-state index in [1.807, 2.05) is 13.0 Å². The van der Waals surface area contributed by atoms with Gasteiger partial charge in [-0.25, -0.2) is 4.98 Å². The number of hydrogen-bond acceptors (Lipinski definition) is 4. The summed E-state index contributed by atoms with van der Waals surface area (Å²) in [6, 6.07) is 1.40. The summed E-state index contributed by atoms with van der Waals surface area (Å²) in [4.78, 5) is 21.9. The molecule has 126 valence electrons. The van der Waals surface area contributed by atoms with Gasteiger partial charge in [0.05, 0.1) is 11.5 Å². The maximum atomic E-state index is 12.9. The average molecular weight is 328 g/mol. The third kappa shape index (κ3) is 2.16. The summed E-state index contributed by atoms with van der Waals surface area (Å²) in [5.41, 5.74) is 0.715. The lowest BCUT2D eigenvalue weighted by atomic mass is 10.1. The lowest BCUT2D eigenvalue weighted by molar-refractivity contribution is -0.134. The molecule has 0 bridgehead atoms. The molecule has 0 spiro atoms. The van der Waals surface area contributed by atoms with E-state index in [0.29, 0.717) is 37.0 Å². The molecule has 1 amide bonds. The van der Waals surface area contributed by atoms with Crippen molar-refractivity contribution in [3.05, 3.63) is 24.7 Å². The van der Waals surface area contributed by atoms with Crippen LogP contribution in [0.1, 0.15) is 25.8 Å². The number of carbonyl (C=O) groups is 1. The molecule has 1 aliphatic rings. The number of β-amino-alcohol motifs (C(OH)–C–C–N with tert-alkyl or cyclic N) is 1. The number of hydrogen-bond donors (Lipinski definition) is 3. The van der Waals surface area contributed by atoms with Crippen molar-refractivity contribution in [3.8, 4) is 5.88 Å². The quantitative estimate of drug-likeness (QED) is 0.683. The summed E-state index contributed by atoms with van der Waals surface area (Å²) in [5.74, 6) is -0.0249. The molecule has 0 aromatic carbocycles. The van der Waals surface area contributed by atoms with Crippen molar-refractivity contribution in [3.63, 3.8) is 0 Å². The Balaban J connectivity index is 1.81. The number of rotatable bonds is 3. The van der Waals surface area contributed by atoms with Crippen molar-refractivity contribution < 1.29 is 15.0 Å². The Bertz CT molecular complexity index is 913. The van der Waals surface area contributed by atoms with Gasteiger partial charge in [-0.05, 0) is 18.9 Å². The monoisotopic (exact) mass is 328 g/mol. The van der Waals surface area contributed by atoms with Gasteiger partial charge in [-0.2, -0.15) is 0 Å². The van der Waals surface area contributed by atoms with Gasteiger partial charge in [0.15, 0.2) is 0 Å². The molecule has 1 unspecified atom stereocenters. The Kier molecular flexibility index (Phi) is 3.45. The van der Waals surface area contributed by atoms with Crippen LogP contribution in [0.15, 0.2) is 24.7 Å². The first kappa shape index (κ1) is 15.0. The van der Waals surface area contributed by atoms with Crippen LogP contribution in [0.25, 0.3) is 21.8 Å². The summed E-state index contributed by atoms with van der Waals surface area (Å²) in [7, 11) is 0. The zero-order chi connectivity index (χ0) is 16.8. The second kappa shape index (κ2) is 5.52. The molecular weight excluding hydrogens is 308 g/mol. The minimum Gasteiger partial charge on any atom is -0.494 e. The smallest absolute Gasteiger partial charge is 0.245 e. The zero-order valence-electron chi connectivity index (χ0n) is 13.4. The van der Waals surface area contributed by atoms with Crippen LogP contribution >= 0.6 is 0 Å². The molecule has 24 heavy (non-hydrogen) atoms. The van der Waals surface area contributed by atoms with Gasteiger partial charge in [0.2, 0.25) is 11.8 Å². The topological polar surface area (TPSA) is 94.4 Å². The van der Waals surface area contributed by atoms with E-state index in [2.05, 4.69) is 9.97 Å². The van der Waals surface area contributed by atoms with Gasteiger partial charge in [0, 0.05) is 42.5 Å². The van der Waals surface area contributed by atoms with Crippen molar-refractivity contribution in [1.29, 1.82) is 0 Å². The molecule has 4 rings (SSSR count). The Morgan fingerprint density at radius 1 is 1.54 bits per heavy atom. The number of aliphatic hydroxyl groups excluding tert-OH is 1. The SMILES string of the molecule is CC[C@H](C(=O)N1CCC(O)C1)n1cc2cc[nH]c3ncc(c1O)c23. The molecule has 1 aliphatic heterocycles. The highest BCUT2D eigenvalue weighted by molar-refractivity contribution is 6.09. The third-order valence-corrected chi connectivity index (χ3v) is 4.85. The summed E-state index contributed by atoms with van der Waals surface area (Å²) in [5, 5.41) is 22.8. The van der Waals surface area contributed by atoms with E-state index in [1.165, 1.54) is 0 Å². The molecule has 1 fully saturated rings. The normalized spacial score (nSPS) is 19.4. The highest BCUT2D eigenvalue weighted by atomic mass is 16.3. The predicted molar refractivity (Wildman–Crippen MR) is 89.8 cm³/mol. The van der Waals surface area contributed by atoms with Crippen LogP contribution in [0.5, 0.6) is 5.88 Å². The Labute approximate surface area is 138 Å². The van der Waals surface area contributed by atoms with Gasteiger partial charge in [0.25, 0.3) is 0 Å². The number of aromatic amines is 1. The number of nitrogens with one attached hydrogen (secondary N) is 1. The van der Waals surface area contributed by atoms with Crippen molar-refractivity contribution in [1.82, 2.24) is 19.4 Å². The van der Waals surface area contributed by atoms with Gasteiger partial charge in [0.1, 0.15) is 11.7 Å². The third-order valence-electron chi connectivity index (χ3n) is 4.85. The van der Waals surface area contributed by atoms with Crippen molar-refractivity contribution in [2.45, 2.75) is 31.9 Å². The van der Waals surface area contributed by atoms with Crippen molar-refractivity contribution in [2.24, 2.45) is 0 Å². The van der Waals surface area contributed by atoms with E-state index in [4.69, 9.17) is 0 Å². The molecule has 3 aromatic rings. The molecule has 2 atom stereocenters. The number of aliphatic hydroxyl groups is 1. The van der Waals surface area contributed by atoms with Crippen molar-refractivity contribution in [2.75, 3.05) is 13.1 Å². The van der Waals surface area contributed by atoms with Gasteiger partial charge in [-0.15, -0.1) is 0 Å². The number of pyridine rings is 2. The summed E-state index contributed by atoms with van der Waals surface area (Å²) in [6.07, 6.45) is 5.93. The number of nitrogens with zero attached hydrogens (tertiary/aromatic N) is 3. The van der Waals surface area contributed by atoms with Crippen LogP contribution < -0.4 is 0 Å². The fraction of sp³-hybridized carbons (Fsp3) is 0.412. The second-order valence-corrected chi connectivity index (χ2v) is 6.34. The minimum atomic E-state index is -0.502. The second-order valence-electron chi connectivity index (χ2n) is 6.34. The van der Waals surface area contributed by atoms with Crippen LogP contribution in [0.3, 0.4) is 0 Å². The van der Waals surface area contributed by atoms with Crippen LogP contribution in [0.4, 0.5) is 0 Å². The van der Waals surface area contributed by atoms with Crippen LogP contribution in [0, 0.1) is 0 Å². The largest absolute Gasteiger partial charge is 0.494 e. The highest BCUT2D eigenvalue weighted by Crippen LogP contribution is 2.35. The van der Waals surface area contributed by atoms with Crippen LogP contribution in [-0.2, 0) is 4.79 Å². The number of carbonyl (C=O) groups excluding carboxylic acids is 1. The molecule has 0 aliphatic carbocycles. The first-order chi connectivity index (χ1) is 11.6. The lowest BCUT2D eigenvalue weighted by Crippen LogP contribution is -2.36. The number of aromatic nitrogens is 3. The van der Waals surface area contributed by atoms with Gasteiger partial charge in [-0.1, -0.05) is 6.92 Å². The highest BCUT2D eigenvalue weighted by Gasteiger charge is 2.31. The van der Waals surface area contributed by atoms with Gasteiger partial charge >= 0.3 is 0 Å². The number of aromatic hydroxyl groups is 1. The van der Waals surface area contributed by atoms with Crippen LogP contribution in [0.2, 0.25) is 0 Å². The fourth-order valence-corrected chi connectivity index (χ4v) is 3.59. The number of likely N-dealkylation sites (tertiary alicyclic amines) is 1. The minimum absolute atomic E-state index is 0.0459. The summed E-state index contributed by atoms with van der Waals surface area (Å²) < 4.78 is 1.63. The number of H-pyrrole nitrogens is 1. The Morgan fingerprint density at radius 3 is 3.08 bits per heavy atom. The molecule has 3 N–H and O–H groups in total. The molecule has 3 aromatic heterocycles. The Morgan fingerprint density at radius 2 is 2.38 bits per heavy atom. The van der Waals surface area contributed by atoms with Gasteiger partial charge in [-0.3, -0.25) is 4.79 Å². The lowest BCUT2D eigenvalue weighted by Gasteiger charge is -2.26. The van der Waals surface area contributed by atoms with Gasteiger partial charge < -0.3 is 24.7 Å². The first-order valence-electron chi connectivity index (χ1n) is 8.22. The van der Waals surface area contributed by atoms with E-state index in [9.17, 15) is 15.0 Å². The molecule has 0 radical (unpaired) electrons. The summed E-state index contributed by atoms with van der Waals surface area (Å²) in [6.45, 7) is 2.83. The standard InChI is InChI=1S/C17H20N4O3/c1-2-13(17(24)20-6-4-11(22)9-20)21-8-10-3-5-18-15-14(10)12(7-19-15)16(21)23/h3,5,7-8,11,13,18,22-23H,2,4,6,9H2,1H3/t11?,13-/m1/s1. The molecule has 7 nitrogen and oxygen atoms in total. The molecule has 4 heterocycles. The zero-order valence-corrected chi connectivity index (χ0v) is 13.4. The van der Waals surface area contributed by atoms with E-state index in [1.54, 1.807) is 28.1 Å². The molecule has 1 saturated heterocycles. The molecular formula is C17H20N4O3. The van der Waals surface area contributed by atoms with E-state index >= 15 is 0 Å². The maximum absolute atomic E-state index is 12.9. The summed E-state index contributed by atoms with van der Waals surface area (Å²) >= 11 is 0. The molecule has 7 heteroatoms. The Hall–Kier alpha value is -2.54. The van der Waals surface area contributed by atoms with E-state index in [-0.39, 0.29) is 11.8 Å².